The largest absolute Gasteiger partial charge is 0.463 e. The molecule has 0 rings (SSSR count). The van der Waals surface area contributed by atoms with E-state index < -0.39 is 17.7 Å². The third-order valence-corrected chi connectivity index (χ3v) is 1.30. The van der Waals surface area contributed by atoms with Crippen molar-refractivity contribution in [2.24, 2.45) is 10.2 Å². The van der Waals surface area contributed by atoms with Gasteiger partial charge in [-0.25, -0.2) is 9.59 Å². The first-order valence-corrected chi connectivity index (χ1v) is 5.24. The van der Waals surface area contributed by atoms with Crippen LogP contribution in [0, 0.1) is 0 Å². The molecule has 0 aromatic heterocycles. The number of amides is 1. The van der Waals surface area contributed by atoms with Gasteiger partial charge in [0.25, 0.3) is 0 Å². The molecule has 0 aliphatic rings. The second kappa shape index (κ2) is 6.78. The van der Waals surface area contributed by atoms with Crippen LogP contribution in [0.1, 0.15) is 34.6 Å². The Balaban J connectivity index is 4.33. The van der Waals surface area contributed by atoms with E-state index in [9.17, 15) is 9.59 Å². The Morgan fingerprint density at radius 1 is 1.24 bits per heavy atom. The molecule has 0 saturated carbocycles. The van der Waals surface area contributed by atoms with E-state index in [4.69, 9.17) is 4.74 Å². The summed E-state index contributed by atoms with van der Waals surface area (Å²) in [6, 6.07) is 0. The van der Waals surface area contributed by atoms with Gasteiger partial charge in [0.15, 0.2) is 0 Å². The molecule has 0 aromatic rings. The van der Waals surface area contributed by atoms with Crippen molar-refractivity contribution in [3.05, 3.63) is 11.8 Å². The van der Waals surface area contributed by atoms with Crippen LogP contribution in [-0.2, 0) is 14.3 Å². The van der Waals surface area contributed by atoms with Gasteiger partial charge < -0.3 is 9.47 Å². The molecule has 0 aliphatic carbocycles. The van der Waals surface area contributed by atoms with Crippen LogP contribution in [0.5, 0.6) is 0 Å². The lowest BCUT2D eigenvalue weighted by molar-refractivity contribution is -0.137. The van der Waals surface area contributed by atoms with Crippen LogP contribution in [0.3, 0.4) is 0 Å². The Bertz CT molecular complexity index is 340. The topological polar surface area (TPSA) is 77.3 Å². The first-order chi connectivity index (χ1) is 7.74. The SMILES string of the molecule is CCOC(=O)C=C(C)N=NC(=O)OC(C)(C)C. The van der Waals surface area contributed by atoms with Crippen LogP contribution in [-0.4, -0.2) is 24.3 Å². The Morgan fingerprint density at radius 3 is 2.29 bits per heavy atom. The molecule has 0 aliphatic heterocycles. The fourth-order valence-corrected chi connectivity index (χ4v) is 0.785. The quantitative estimate of drug-likeness (QED) is 0.433. The highest BCUT2D eigenvalue weighted by Gasteiger charge is 2.15. The van der Waals surface area contributed by atoms with Crippen molar-refractivity contribution in [2.75, 3.05) is 6.61 Å². The summed E-state index contributed by atoms with van der Waals surface area (Å²) in [4.78, 5) is 22.2. The monoisotopic (exact) mass is 242 g/mol. The molecular weight excluding hydrogens is 224 g/mol. The number of ether oxygens (including phenoxy) is 2. The van der Waals surface area contributed by atoms with E-state index in [1.807, 2.05) is 0 Å². The van der Waals surface area contributed by atoms with Crippen LogP contribution >= 0.6 is 0 Å². The number of allylic oxidation sites excluding steroid dienone is 1. The maximum Gasteiger partial charge on any atom is 0.452 e. The summed E-state index contributed by atoms with van der Waals surface area (Å²) >= 11 is 0. The van der Waals surface area contributed by atoms with Crippen LogP contribution < -0.4 is 0 Å². The predicted octanol–water partition coefficient (Wildman–Crippen LogP) is 2.84. The van der Waals surface area contributed by atoms with Gasteiger partial charge in [-0.2, -0.15) is 0 Å². The Kier molecular flexibility index (Phi) is 6.09. The molecule has 0 atom stereocenters. The second-order valence-corrected chi connectivity index (χ2v) is 4.22. The molecule has 17 heavy (non-hydrogen) atoms. The minimum absolute atomic E-state index is 0.273. The summed E-state index contributed by atoms with van der Waals surface area (Å²) < 4.78 is 9.56. The third-order valence-electron chi connectivity index (χ3n) is 1.30. The Hall–Kier alpha value is -1.72. The van der Waals surface area contributed by atoms with Crippen molar-refractivity contribution in [1.29, 1.82) is 0 Å². The Labute approximate surface area is 101 Å². The fourth-order valence-electron chi connectivity index (χ4n) is 0.785. The van der Waals surface area contributed by atoms with Crippen LogP contribution in [0.4, 0.5) is 4.79 Å². The van der Waals surface area contributed by atoms with Gasteiger partial charge in [-0.1, -0.05) is 5.11 Å². The van der Waals surface area contributed by atoms with E-state index in [0.717, 1.165) is 6.08 Å². The number of esters is 1. The van der Waals surface area contributed by atoms with E-state index in [1.54, 1.807) is 27.7 Å². The van der Waals surface area contributed by atoms with E-state index >= 15 is 0 Å². The van der Waals surface area contributed by atoms with E-state index in [-0.39, 0.29) is 12.3 Å². The maximum absolute atomic E-state index is 11.1. The van der Waals surface area contributed by atoms with Gasteiger partial charge in [-0.15, -0.1) is 5.11 Å². The average Bonchev–Trinajstić information content (AvgIpc) is 2.12. The molecule has 6 nitrogen and oxygen atoms in total. The molecule has 0 unspecified atom stereocenters. The molecule has 6 heteroatoms. The van der Waals surface area contributed by atoms with E-state index in [1.165, 1.54) is 6.92 Å². The van der Waals surface area contributed by atoms with Gasteiger partial charge in [-0.3, -0.25) is 0 Å². The molecule has 0 radical (unpaired) electrons. The highest BCUT2D eigenvalue weighted by Crippen LogP contribution is 2.08. The number of nitrogens with zero attached hydrogens (tertiary/aromatic N) is 2. The summed E-state index contributed by atoms with van der Waals surface area (Å²) in [6.07, 6.45) is 0.353. The molecule has 1 amide bonds. The molecule has 0 fully saturated rings. The van der Waals surface area contributed by atoms with Crippen molar-refractivity contribution in [3.63, 3.8) is 0 Å². The lowest BCUT2D eigenvalue weighted by Gasteiger charge is -2.16. The number of carbonyl (C=O) groups excluding carboxylic acids is 2. The number of azo groups is 1. The normalized spacial score (nSPS) is 12.6. The van der Waals surface area contributed by atoms with Crippen LogP contribution in [0.15, 0.2) is 22.0 Å². The number of carbonyl (C=O) groups is 2. The van der Waals surface area contributed by atoms with Crippen molar-refractivity contribution in [3.8, 4) is 0 Å². The van der Waals surface area contributed by atoms with Gasteiger partial charge in [0.05, 0.1) is 12.3 Å². The zero-order valence-electron chi connectivity index (χ0n) is 10.8. The number of hydrogen-bond donors (Lipinski definition) is 0. The smallest absolute Gasteiger partial charge is 0.452 e. The first kappa shape index (κ1) is 15.3. The summed E-state index contributed by atoms with van der Waals surface area (Å²) in [5.74, 6) is -0.520. The van der Waals surface area contributed by atoms with Gasteiger partial charge in [0.2, 0.25) is 0 Å². The van der Waals surface area contributed by atoms with Gasteiger partial charge in [0.1, 0.15) is 5.60 Å². The van der Waals surface area contributed by atoms with E-state index in [0.29, 0.717) is 0 Å². The van der Waals surface area contributed by atoms with Crippen LogP contribution in [0.2, 0.25) is 0 Å². The first-order valence-electron chi connectivity index (χ1n) is 5.24. The minimum atomic E-state index is -0.797. The van der Waals surface area contributed by atoms with Gasteiger partial charge >= 0.3 is 12.1 Å². The highest BCUT2D eigenvalue weighted by molar-refractivity contribution is 5.82. The van der Waals surface area contributed by atoms with Gasteiger partial charge in [0, 0.05) is 6.08 Å². The second-order valence-electron chi connectivity index (χ2n) is 4.22. The summed E-state index contributed by atoms with van der Waals surface area (Å²) in [5, 5.41) is 6.85. The molecule has 0 bridgehead atoms. The number of rotatable bonds is 3. The van der Waals surface area contributed by atoms with E-state index in [2.05, 4.69) is 15.0 Å². The molecular formula is C11H18N2O4. The summed E-state index contributed by atoms with van der Waals surface area (Å²) in [6.45, 7) is 8.69. The standard InChI is InChI=1S/C11H18N2O4/c1-6-16-9(14)7-8(2)12-13-10(15)17-11(3,4)5/h7H,6H2,1-5H3. The molecule has 0 saturated heterocycles. The minimum Gasteiger partial charge on any atom is -0.463 e. The van der Waals surface area contributed by atoms with Crippen LogP contribution in [0.25, 0.3) is 0 Å². The molecule has 0 N–H and O–H groups in total. The summed E-state index contributed by atoms with van der Waals surface area (Å²) in [7, 11) is 0. The zero-order valence-corrected chi connectivity index (χ0v) is 10.8. The highest BCUT2D eigenvalue weighted by atomic mass is 16.6. The van der Waals surface area contributed by atoms with Crippen molar-refractivity contribution < 1.29 is 19.1 Å². The predicted molar refractivity (Wildman–Crippen MR) is 61.5 cm³/mol. The third kappa shape index (κ3) is 9.22. The lowest BCUT2D eigenvalue weighted by atomic mass is 10.2. The molecule has 0 heterocycles. The molecule has 96 valence electrons. The lowest BCUT2D eigenvalue weighted by Crippen LogP contribution is -2.21. The van der Waals surface area contributed by atoms with Crippen molar-refractivity contribution in [1.82, 2.24) is 0 Å². The maximum atomic E-state index is 11.1. The summed E-state index contributed by atoms with van der Waals surface area (Å²) in [5.41, 5.74) is -0.344. The average molecular weight is 242 g/mol. The zero-order chi connectivity index (χ0) is 13.5. The molecule has 0 spiro atoms. The molecule has 0 aromatic carbocycles. The fraction of sp³-hybridized carbons (Fsp3) is 0.636. The Morgan fingerprint density at radius 2 is 1.82 bits per heavy atom. The van der Waals surface area contributed by atoms with Crippen molar-refractivity contribution in [2.45, 2.75) is 40.2 Å². The van der Waals surface area contributed by atoms with Crippen molar-refractivity contribution >= 4 is 12.1 Å². The number of hydrogen-bond acceptors (Lipinski definition) is 5. The van der Waals surface area contributed by atoms with Gasteiger partial charge in [-0.05, 0) is 34.6 Å².